The van der Waals surface area contributed by atoms with E-state index in [-0.39, 0.29) is 17.7 Å². The zero-order valence-corrected chi connectivity index (χ0v) is 11.0. The number of nitrogens with one attached hydrogen (secondary N) is 2. The molecule has 1 aliphatic carbocycles. The van der Waals surface area contributed by atoms with Crippen molar-refractivity contribution >= 4 is 22.5 Å². The molecule has 0 spiro atoms. The smallest absolute Gasteiger partial charge is 0.321 e. The van der Waals surface area contributed by atoms with Crippen LogP contribution in [0.1, 0.15) is 31.2 Å². The maximum absolute atomic E-state index is 12.3. The Hall–Kier alpha value is -1.35. The number of aromatic nitrogens is 2. The average molecular weight is 292 g/mol. The van der Waals surface area contributed by atoms with Gasteiger partial charge in [-0.05, 0) is 25.7 Å². The standard InChI is InChI=1S/C10H14F2N4O2S/c1-10(4-17,5-2-3-5)14-8(18)13-9-16-15-7(19-9)6(11)12/h5-6,17H,2-4H2,1H3,(H2,13,14,16,18)/t10-/m0/s1. The zero-order chi connectivity index (χ0) is 14.0. The molecule has 9 heteroatoms. The number of amides is 2. The number of carbonyl (C=O) groups excluding carboxylic acids is 1. The summed E-state index contributed by atoms with van der Waals surface area (Å²) in [6.07, 6.45) is -0.803. The molecular weight excluding hydrogens is 278 g/mol. The highest BCUT2D eigenvalue weighted by Gasteiger charge is 2.42. The molecule has 3 N–H and O–H groups in total. The number of nitrogens with zero attached hydrogens (tertiary/aromatic N) is 2. The third-order valence-electron chi connectivity index (χ3n) is 3.05. The highest BCUT2D eigenvalue weighted by Crippen LogP contribution is 2.39. The number of rotatable bonds is 5. The predicted octanol–water partition coefficient (Wildman–Crippen LogP) is 1.76. The Kier molecular flexibility index (Phi) is 3.95. The maximum Gasteiger partial charge on any atom is 0.321 e. The molecule has 0 unspecified atom stereocenters. The van der Waals surface area contributed by atoms with Crippen LogP contribution in [0.25, 0.3) is 0 Å². The minimum Gasteiger partial charge on any atom is -0.394 e. The molecule has 0 saturated heterocycles. The lowest BCUT2D eigenvalue weighted by Gasteiger charge is -2.28. The second-order valence-electron chi connectivity index (χ2n) is 4.68. The molecule has 6 nitrogen and oxygen atoms in total. The van der Waals surface area contributed by atoms with Gasteiger partial charge in [-0.25, -0.2) is 13.6 Å². The molecule has 0 radical (unpaired) electrons. The molecule has 1 aromatic heterocycles. The lowest BCUT2D eigenvalue weighted by atomic mass is 9.97. The van der Waals surface area contributed by atoms with Crippen LogP contribution in [0.15, 0.2) is 0 Å². The fourth-order valence-corrected chi connectivity index (χ4v) is 2.35. The quantitative estimate of drug-likeness (QED) is 0.771. The number of urea groups is 1. The van der Waals surface area contributed by atoms with Crippen molar-refractivity contribution in [3.8, 4) is 0 Å². The molecule has 0 aliphatic heterocycles. The van der Waals surface area contributed by atoms with Crippen molar-refractivity contribution in [3.63, 3.8) is 0 Å². The van der Waals surface area contributed by atoms with Gasteiger partial charge >= 0.3 is 6.03 Å². The lowest BCUT2D eigenvalue weighted by molar-refractivity contribution is 0.150. The van der Waals surface area contributed by atoms with Gasteiger partial charge < -0.3 is 10.4 Å². The molecular formula is C10H14F2N4O2S. The molecule has 0 aromatic carbocycles. The molecule has 1 aromatic rings. The zero-order valence-electron chi connectivity index (χ0n) is 10.2. The summed E-state index contributed by atoms with van der Waals surface area (Å²) in [5.41, 5.74) is -0.694. The Bertz CT molecular complexity index is 466. The van der Waals surface area contributed by atoms with Gasteiger partial charge in [-0.1, -0.05) is 11.3 Å². The summed E-state index contributed by atoms with van der Waals surface area (Å²) in [6.45, 7) is 1.57. The van der Waals surface area contributed by atoms with E-state index in [1.165, 1.54) is 0 Å². The number of hydrogen-bond donors (Lipinski definition) is 3. The maximum atomic E-state index is 12.3. The summed E-state index contributed by atoms with van der Waals surface area (Å²) in [5, 5.41) is 20.6. The molecule has 1 aliphatic rings. The normalized spacial score (nSPS) is 18.2. The largest absolute Gasteiger partial charge is 0.394 e. The monoisotopic (exact) mass is 292 g/mol. The van der Waals surface area contributed by atoms with E-state index in [1.54, 1.807) is 6.92 Å². The number of aliphatic hydroxyl groups is 1. The Morgan fingerprint density at radius 3 is 2.74 bits per heavy atom. The molecule has 1 atom stereocenters. The molecule has 1 heterocycles. The average Bonchev–Trinajstić information content (AvgIpc) is 3.10. The fourth-order valence-electron chi connectivity index (χ4n) is 1.75. The summed E-state index contributed by atoms with van der Waals surface area (Å²) < 4.78 is 24.6. The van der Waals surface area contributed by atoms with Crippen LogP contribution in [0.4, 0.5) is 18.7 Å². The van der Waals surface area contributed by atoms with Gasteiger partial charge in [0.2, 0.25) is 5.13 Å². The Balaban J connectivity index is 1.93. The van der Waals surface area contributed by atoms with Gasteiger partial charge in [-0.3, -0.25) is 5.32 Å². The van der Waals surface area contributed by atoms with Gasteiger partial charge in [0, 0.05) is 0 Å². The summed E-state index contributed by atoms with van der Waals surface area (Å²) in [7, 11) is 0. The molecule has 2 rings (SSSR count). The van der Waals surface area contributed by atoms with E-state index in [1.807, 2.05) is 0 Å². The van der Waals surface area contributed by atoms with E-state index < -0.39 is 23.0 Å². The number of alkyl halides is 2. The molecule has 106 valence electrons. The van der Waals surface area contributed by atoms with Crippen LogP contribution in [0.3, 0.4) is 0 Å². The second kappa shape index (κ2) is 5.33. The summed E-state index contributed by atoms with van der Waals surface area (Å²) in [4.78, 5) is 11.7. The first-order valence-electron chi connectivity index (χ1n) is 5.76. The lowest BCUT2D eigenvalue weighted by Crippen LogP contribution is -2.52. The van der Waals surface area contributed by atoms with Gasteiger partial charge in [0.15, 0.2) is 5.01 Å². The topological polar surface area (TPSA) is 87.1 Å². The van der Waals surface area contributed by atoms with Crippen LogP contribution in [0, 0.1) is 5.92 Å². The van der Waals surface area contributed by atoms with Crippen molar-refractivity contribution in [2.45, 2.75) is 31.7 Å². The van der Waals surface area contributed by atoms with E-state index in [0.717, 1.165) is 12.8 Å². The third-order valence-corrected chi connectivity index (χ3v) is 3.90. The number of halogens is 2. The summed E-state index contributed by atoms with van der Waals surface area (Å²) >= 11 is 0.620. The predicted molar refractivity (Wildman–Crippen MR) is 65.2 cm³/mol. The van der Waals surface area contributed by atoms with Crippen molar-refractivity contribution in [2.24, 2.45) is 5.92 Å². The van der Waals surface area contributed by atoms with Crippen LogP contribution >= 0.6 is 11.3 Å². The van der Waals surface area contributed by atoms with Crippen LogP contribution in [0.5, 0.6) is 0 Å². The Morgan fingerprint density at radius 2 is 2.26 bits per heavy atom. The van der Waals surface area contributed by atoms with Gasteiger partial charge in [0.05, 0.1) is 12.1 Å². The Labute approximate surface area is 112 Å². The first-order valence-corrected chi connectivity index (χ1v) is 6.58. The molecule has 0 bridgehead atoms. The van der Waals surface area contributed by atoms with Crippen LogP contribution < -0.4 is 10.6 Å². The third kappa shape index (κ3) is 3.35. The van der Waals surface area contributed by atoms with Gasteiger partial charge in [0.25, 0.3) is 6.43 Å². The fraction of sp³-hybridized carbons (Fsp3) is 0.700. The number of aliphatic hydroxyl groups excluding tert-OH is 1. The van der Waals surface area contributed by atoms with Crippen LogP contribution in [0.2, 0.25) is 0 Å². The van der Waals surface area contributed by atoms with E-state index in [4.69, 9.17) is 0 Å². The summed E-state index contributed by atoms with van der Waals surface area (Å²) in [6, 6.07) is -0.583. The van der Waals surface area contributed by atoms with E-state index >= 15 is 0 Å². The second-order valence-corrected chi connectivity index (χ2v) is 5.68. The number of anilines is 1. The highest BCUT2D eigenvalue weighted by molar-refractivity contribution is 7.15. The van der Waals surface area contributed by atoms with E-state index in [0.29, 0.717) is 11.3 Å². The van der Waals surface area contributed by atoms with Crippen LogP contribution in [-0.4, -0.2) is 33.5 Å². The van der Waals surface area contributed by atoms with Crippen molar-refractivity contribution in [2.75, 3.05) is 11.9 Å². The molecule has 2 amide bonds. The van der Waals surface area contributed by atoms with Crippen molar-refractivity contribution < 1.29 is 18.7 Å². The molecule has 1 fully saturated rings. The summed E-state index contributed by atoms with van der Waals surface area (Å²) in [5.74, 6) is 0.245. The minimum atomic E-state index is -2.70. The number of hydrogen-bond acceptors (Lipinski definition) is 5. The van der Waals surface area contributed by atoms with Crippen molar-refractivity contribution in [3.05, 3.63) is 5.01 Å². The van der Waals surface area contributed by atoms with Gasteiger partial charge in [-0.2, -0.15) is 0 Å². The van der Waals surface area contributed by atoms with Crippen molar-refractivity contribution in [1.82, 2.24) is 15.5 Å². The first kappa shape index (κ1) is 14.1. The molecule has 1 saturated carbocycles. The van der Waals surface area contributed by atoms with Gasteiger partial charge in [-0.15, -0.1) is 10.2 Å². The van der Waals surface area contributed by atoms with Crippen molar-refractivity contribution in [1.29, 1.82) is 0 Å². The van der Waals surface area contributed by atoms with Crippen LogP contribution in [-0.2, 0) is 0 Å². The van der Waals surface area contributed by atoms with E-state index in [9.17, 15) is 18.7 Å². The minimum absolute atomic E-state index is 0.00360. The Morgan fingerprint density at radius 1 is 1.58 bits per heavy atom. The number of carbonyl (C=O) groups is 1. The SMILES string of the molecule is C[C@@](CO)(NC(=O)Nc1nnc(C(F)F)s1)C1CC1. The van der Waals surface area contributed by atoms with Gasteiger partial charge in [0.1, 0.15) is 0 Å². The van der Waals surface area contributed by atoms with E-state index in [2.05, 4.69) is 20.8 Å². The highest BCUT2D eigenvalue weighted by atomic mass is 32.1. The first-order chi connectivity index (χ1) is 8.94. The molecule has 19 heavy (non-hydrogen) atoms.